The van der Waals surface area contributed by atoms with Crippen LogP contribution in [0.25, 0.3) is 0 Å². The van der Waals surface area contributed by atoms with Gasteiger partial charge >= 0.3 is 0 Å². The molecule has 0 amide bonds. The zero-order valence-electron chi connectivity index (χ0n) is 10.9. The molecule has 0 fully saturated rings. The molecule has 0 atom stereocenters. The first kappa shape index (κ1) is 14.7. The van der Waals surface area contributed by atoms with Gasteiger partial charge in [0.1, 0.15) is 0 Å². The van der Waals surface area contributed by atoms with E-state index in [1.807, 2.05) is 6.08 Å². The highest BCUT2D eigenvalue weighted by Crippen LogP contribution is 2.08. The molecule has 0 nitrogen and oxygen atoms in total. The maximum Gasteiger partial charge on any atom is -0.0169 e. The van der Waals surface area contributed by atoms with Crippen LogP contribution in [0, 0.1) is 0 Å². The Bertz CT molecular complexity index is 298. The summed E-state index contributed by atoms with van der Waals surface area (Å²) in [4.78, 5) is 0. The SMILES string of the molecule is C=CCC=C/C=C(C)\C=C(/C)CC/C=C/C. The molecule has 0 aromatic rings. The van der Waals surface area contributed by atoms with Crippen LogP contribution in [0.3, 0.4) is 0 Å². The van der Waals surface area contributed by atoms with Crippen LogP contribution in [0.2, 0.25) is 0 Å². The van der Waals surface area contributed by atoms with Crippen LogP contribution in [-0.4, -0.2) is 0 Å². The molecule has 0 rings (SSSR count). The van der Waals surface area contributed by atoms with Crippen molar-refractivity contribution in [3.8, 4) is 0 Å². The number of rotatable bonds is 7. The molecule has 0 saturated heterocycles. The zero-order chi connectivity index (χ0) is 12.2. The average Bonchev–Trinajstić information content (AvgIpc) is 2.25. The fourth-order valence-electron chi connectivity index (χ4n) is 1.38. The van der Waals surface area contributed by atoms with Gasteiger partial charge in [-0.2, -0.15) is 0 Å². The van der Waals surface area contributed by atoms with E-state index in [-0.39, 0.29) is 0 Å². The van der Waals surface area contributed by atoms with Crippen molar-refractivity contribution in [3.05, 3.63) is 60.3 Å². The van der Waals surface area contributed by atoms with Gasteiger partial charge in [0.15, 0.2) is 0 Å². The molecule has 88 valence electrons. The first-order valence-corrected chi connectivity index (χ1v) is 5.93. The van der Waals surface area contributed by atoms with Crippen molar-refractivity contribution < 1.29 is 0 Å². The number of hydrogen-bond donors (Lipinski definition) is 0. The van der Waals surface area contributed by atoms with Gasteiger partial charge in [-0.3, -0.25) is 0 Å². The van der Waals surface area contributed by atoms with Crippen LogP contribution in [0.1, 0.15) is 40.0 Å². The summed E-state index contributed by atoms with van der Waals surface area (Å²) in [5.41, 5.74) is 2.74. The minimum Gasteiger partial charge on any atom is -0.103 e. The second-order valence-electron chi connectivity index (χ2n) is 3.96. The lowest BCUT2D eigenvalue weighted by atomic mass is 10.1. The minimum atomic E-state index is 0.938. The first-order valence-electron chi connectivity index (χ1n) is 5.93. The van der Waals surface area contributed by atoms with Gasteiger partial charge in [-0.25, -0.2) is 0 Å². The van der Waals surface area contributed by atoms with E-state index in [9.17, 15) is 0 Å². The maximum atomic E-state index is 3.68. The molecular formula is C16H24. The summed E-state index contributed by atoms with van der Waals surface area (Å²) >= 11 is 0. The molecule has 0 aromatic heterocycles. The van der Waals surface area contributed by atoms with Crippen molar-refractivity contribution >= 4 is 0 Å². The lowest BCUT2D eigenvalue weighted by Gasteiger charge is -1.98. The third kappa shape index (κ3) is 9.26. The van der Waals surface area contributed by atoms with Crippen molar-refractivity contribution in [1.29, 1.82) is 0 Å². The molecule has 0 N–H and O–H groups in total. The Morgan fingerprint density at radius 3 is 2.56 bits per heavy atom. The van der Waals surface area contributed by atoms with Crippen molar-refractivity contribution in [2.24, 2.45) is 0 Å². The molecule has 0 aliphatic rings. The molecule has 0 radical (unpaired) electrons. The summed E-state index contributed by atoms with van der Waals surface area (Å²) in [6.07, 6.45) is 18.0. The molecule has 16 heavy (non-hydrogen) atoms. The van der Waals surface area contributed by atoms with Crippen LogP contribution in [0.15, 0.2) is 60.3 Å². The normalized spacial score (nSPS) is 13.9. The summed E-state index contributed by atoms with van der Waals surface area (Å²) in [5, 5.41) is 0. The Kier molecular flexibility index (Phi) is 9.39. The molecule has 0 aliphatic heterocycles. The van der Waals surface area contributed by atoms with Gasteiger partial charge in [0, 0.05) is 0 Å². The molecule has 0 heterocycles. The maximum absolute atomic E-state index is 3.68. The summed E-state index contributed by atoms with van der Waals surface area (Å²) in [6.45, 7) is 10.1. The zero-order valence-corrected chi connectivity index (χ0v) is 10.9. The van der Waals surface area contributed by atoms with E-state index < -0.39 is 0 Å². The van der Waals surface area contributed by atoms with Crippen molar-refractivity contribution in [3.63, 3.8) is 0 Å². The van der Waals surface area contributed by atoms with Gasteiger partial charge < -0.3 is 0 Å². The van der Waals surface area contributed by atoms with Crippen LogP contribution in [0.4, 0.5) is 0 Å². The third-order valence-electron chi connectivity index (χ3n) is 2.21. The fourth-order valence-corrected chi connectivity index (χ4v) is 1.38. The quantitative estimate of drug-likeness (QED) is 0.396. The summed E-state index contributed by atoms with van der Waals surface area (Å²) < 4.78 is 0. The molecule has 0 bridgehead atoms. The van der Waals surface area contributed by atoms with Gasteiger partial charge in [-0.1, -0.05) is 53.7 Å². The highest BCUT2D eigenvalue weighted by Gasteiger charge is 1.88. The second-order valence-corrected chi connectivity index (χ2v) is 3.96. The first-order chi connectivity index (χ1) is 7.70. The van der Waals surface area contributed by atoms with E-state index in [2.05, 4.69) is 63.8 Å². The third-order valence-corrected chi connectivity index (χ3v) is 2.21. The van der Waals surface area contributed by atoms with Crippen LogP contribution in [-0.2, 0) is 0 Å². The fraction of sp³-hybridized carbons (Fsp3) is 0.375. The van der Waals surface area contributed by atoms with Gasteiger partial charge in [-0.15, -0.1) is 6.58 Å². The second kappa shape index (κ2) is 10.2. The Balaban J connectivity index is 4.11. The predicted octanol–water partition coefficient (Wildman–Crippen LogP) is 5.37. The summed E-state index contributed by atoms with van der Waals surface area (Å²) in [5.74, 6) is 0. The average molecular weight is 216 g/mol. The van der Waals surface area contributed by atoms with Gasteiger partial charge in [0.05, 0.1) is 0 Å². The van der Waals surface area contributed by atoms with Crippen LogP contribution >= 0.6 is 0 Å². The topological polar surface area (TPSA) is 0 Å². The van der Waals surface area contributed by atoms with Crippen molar-refractivity contribution in [2.45, 2.75) is 40.0 Å². The van der Waals surface area contributed by atoms with Crippen LogP contribution < -0.4 is 0 Å². The van der Waals surface area contributed by atoms with Gasteiger partial charge in [0.2, 0.25) is 0 Å². The number of allylic oxidation sites excluding steroid dienone is 9. The van der Waals surface area contributed by atoms with E-state index in [1.54, 1.807) is 0 Å². The number of hydrogen-bond acceptors (Lipinski definition) is 0. The minimum absolute atomic E-state index is 0.938. The Labute approximate surface area is 101 Å². The smallest absolute Gasteiger partial charge is 0.0169 e. The van der Waals surface area contributed by atoms with Crippen molar-refractivity contribution in [1.82, 2.24) is 0 Å². The molecular weight excluding hydrogens is 192 g/mol. The molecule has 0 heteroatoms. The van der Waals surface area contributed by atoms with E-state index in [4.69, 9.17) is 0 Å². The molecule has 0 saturated carbocycles. The lowest BCUT2D eigenvalue weighted by molar-refractivity contribution is 0.973. The van der Waals surface area contributed by atoms with Crippen LogP contribution in [0.5, 0.6) is 0 Å². The Morgan fingerprint density at radius 1 is 1.19 bits per heavy atom. The Hall–Kier alpha value is -1.30. The van der Waals surface area contributed by atoms with Gasteiger partial charge in [-0.05, 0) is 40.0 Å². The predicted molar refractivity (Wildman–Crippen MR) is 75.5 cm³/mol. The molecule has 0 spiro atoms. The van der Waals surface area contributed by atoms with Gasteiger partial charge in [0.25, 0.3) is 0 Å². The summed E-state index contributed by atoms with van der Waals surface area (Å²) in [7, 11) is 0. The standard InChI is InChI=1S/C16H24/c1-5-7-9-11-13-16(4)14-15(3)12-10-8-6-2/h5-6,8-9,11,13-14H,1,7,10,12H2,2-4H3/b8-6+,11-9?,15-14+,16-13-. The Morgan fingerprint density at radius 2 is 1.94 bits per heavy atom. The highest BCUT2D eigenvalue weighted by molar-refractivity contribution is 5.25. The molecule has 0 aromatic carbocycles. The summed E-state index contributed by atoms with van der Waals surface area (Å²) in [6, 6.07) is 0. The van der Waals surface area contributed by atoms with Crippen molar-refractivity contribution in [2.75, 3.05) is 0 Å². The highest BCUT2D eigenvalue weighted by atomic mass is 13.9. The monoisotopic (exact) mass is 216 g/mol. The lowest BCUT2D eigenvalue weighted by Crippen LogP contribution is -1.77. The largest absolute Gasteiger partial charge is 0.103 e. The van der Waals surface area contributed by atoms with E-state index in [0.29, 0.717) is 0 Å². The molecule has 0 unspecified atom stereocenters. The molecule has 0 aliphatic carbocycles. The van der Waals surface area contributed by atoms with E-state index in [1.165, 1.54) is 11.1 Å². The van der Waals surface area contributed by atoms with E-state index >= 15 is 0 Å². The van der Waals surface area contributed by atoms with E-state index in [0.717, 1.165) is 19.3 Å².